The van der Waals surface area contributed by atoms with Gasteiger partial charge in [0.25, 0.3) is 0 Å². The quantitative estimate of drug-likeness (QED) is 0.507. The molecule has 0 atom stereocenters. The molecule has 1 aliphatic heterocycles. The number of imidazole rings is 1. The van der Waals surface area contributed by atoms with Crippen LogP contribution in [0.15, 0.2) is 41.8 Å². The van der Waals surface area contributed by atoms with E-state index in [4.69, 9.17) is 14.5 Å². The molecule has 6 nitrogen and oxygen atoms in total. The van der Waals surface area contributed by atoms with E-state index in [2.05, 4.69) is 35.0 Å². The minimum Gasteiger partial charge on any atom is -0.495 e. The highest BCUT2D eigenvalue weighted by molar-refractivity contribution is 7.99. The second kappa shape index (κ2) is 7.55. The van der Waals surface area contributed by atoms with Gasteiger partial charge in [0.1, 0.15) is 11.4 Å². The predicted molar refractivity (Wildman–Crippen MR) is 104 cm³/mol. The number of anilines is 1. The monoisotopic (exact) mass is 370 g/mol. The minimum absolute atomic E-state index is 0.751. The number of methoxy groups -OCH3 is 1. The van der Waals surface area contributed by atoms with Gasteiger partial charge in [0.2, 0.25) is 0 Å². The molecule has 0 saturated carbocycles. The minimum atomic E-state index is 0.751. The third kappa shape index (κ3) is 3.24. The molecular formula is C19H22N4O2S. The number of hydrogen-bond donors (Lipinski definition) is 0. The van der Waals surface area contributed by atoms with E-state index in [0.29, 0.717) is 0 Å². The van der Waals surface area contributed by atoms with Gasteiger partial charge in [-0.15, -0.1) is 0 Å². The van der Waals surface area contributed by atoms with Crippen molar-refractivity contribution in [2.45, 2.75) is 12.1 Å². The van der Waals surface area contributed by atoms with E-state index < -0.39 is 0 Å². The SMILES string of the molecule is CCSc1nc(-c2ccc(N3CCOCC3)c(OC)c2)cc2nccn12. The fourth-order valence-corrected chi connectivity index (χ4v) is 3.89. The summed E-state index contributed by atoms with van der Waals surface area (Å²) in [7, 11) is 1.71. The molecule has 0 N–H and O–H groups in total. The summed E-state index contributed by atoms with van der Waals surface area (Å²) < 4.78 is 13.2. The number of rotatable bonds is 5. The average molecular weight is 370 g/mol. The summed E-state index contributed by atoms with van der Waals surface area (Å²) in [5.74, 6) is 1.82. The lowest BCUT2D eigenvalue weighted by Gasteiger charge is -2.30. The van der Waals surface area contributed by atoms with Crippen LogP contribution in [0.2, 0.25) is 0 Å². The van der Waals surface area contributed by atoms with Crippen LogP contribution in [0.1, 0.15) is 6.92 Å². The Balaban J connectivity index is 1.74. The van der Waals surface area contributed by atoms with Crippen molar-refractivity contribution in [3.8, 4) is 17.0 Å². The third-order valence-electron chi connectivity index (χ3n) is 4.46. The normalized spacial score (nSPS) is 14.8. The first-order valence-corrected chi connectivity index (χ1v) is 9.76. The van der Waals surface area contributed by atoms with Gasteiger partial charge in [0.15, 0.2) is 5.16 Å². The van der Waals surface area contributed by atoms with Crippen molar-refractivity contribution in [2.75, 3.05) is 44.1 Å². The number of aromatic nitrogens is 3. The van der Waals surface area contributed by atoms with Crippen LogP contribution in [0.4, 0.5) is 5.69 Å². The number of hydrogen-bond acceptors (Lipinski definition) is 6. The molecule has 1 fully saturated rings. The lowest BCUT2D eigenvalue weighted by Crippen LogP contribution is -2.36. The number of ether oxygens (including phenoxy) is 2. The van der Waals surface area contributed by atoms with E-state index in [9.17, 15) is 0 Å². The molecule has 1 aromatic carbocycles. The highest BCUT2D eigenvalue weighted by Crippen LogP contribution is 2.34. The molecule has 0 bridgehead atoms. The Morgan fingerprint density at radius 3 is 2.85 bits per heavy atom. The predicted octanol–water partition coefficient (Wildman–Crippen LogP) is 3.35. The molecule has 26 heavy (non-hydrogen) atoms. The lowest BCUT2D eigenvalue weighted by atomic mass is 10.1. The summed E-state index contributed by atoms with van der Waals surface area (Å²) in [6.45, 7) is 5.39. The molecule has 0 aliphatic carbocycles. The van der Waals surface area contributed by atoms with Gasteiger partial charge >= 0.3 is 0 Å². The third-order valence-corrected chi connectivity index (χ3v) is 5.29. The van der Waals surface area contributed by atoms with Gasteiger partial charge in [-0.05, 0) is 17.9 Å². The van der Waals surface area contributed by atoms with E-state index in [0.717, 1.165) is 65.6 Å². The van der Waals surface area contributed by atoms with E-state index in [1.165, 1.54) is 0 Å². The molecule has 4 rings (SSSR count). The zero-order valence-electron chi connectivity index (χ0n) is 15.0. The summed E-state index contributed by atoms with van der Waals surface area (Å²) in [6.07, 6.45) is 3.76. The van der Waals surface area contributed by atoms with Crippen molar-refractivity contribution < 1.29 is 9.47 Å². The molecule has 1 aliphatic rings. The molecule has 0 spiro atoms. The Bertz CT molecular complexity index is 906. The maximum absolute atomic E-state index is 5.67. The van der Waals surface area contributed by atoms with E-state index in [-0.39, 0.29) is 0 Å². The van der Waals surface area contributed by atoms with Crippen molar-refractivity contribution in [2.24, 2.45) is 0 Å². The smallest absolute Gasteiger partial charge is 0.174 e. The van der Waals surface area contributed by atoms with Crippen LogP contribution >= 0.6 is 11.8 Å². The second-order valence-electron chi connectivity index (χ2n) is 6.00. The Morgan fingerprint density at radius 1 is 1.23 bits per heavy atom. The number of benzene rings is 1. The van der Waals surface area contributed by atoms with Crippen LogP contribution in [0.25, 0.3) is 16.9 Å². The summed E-state index contributed by atoms with van der Waals surface area (Å²) in [6, 6.07) is 8.30. The van der Waals surface area contributed by atoms with Crippen LogP contribution in [0, 0.1) is 0 Å². The van der Waals surface area contributed by atoms with E-state index >= 15 is 0 Å². The standard InChI is InChI=1S/C19H22N4O2S/c1-3-26-19-21-15(13-18-20-6-7-23(18)19)14-4-5-16(17(12-14)24-2)22-8-10-25-11-9-22/h4-7,12-13H,3,8-11H2,1-2H3. The summed E-state index contributed by atoms with van der Waals surface area (Å²) >= 11 is 1.71. The molecule has 3 aromatic rings. The molecule has 0 unspecified atom stereocenters. The molecule has 1 saturated heterocycles. The van der Waals surface area contributed by atoms with Gasteiger partial charge in [0.05, 0.1) is 31.7 Å². The highest BCUT2D eigenvalue weighted by Gasteiger charge is 2.17. The Kier molecular flexibility index (Phi) is 4.99. The van der Waals surface area contributed by atoms with Gasteiger partial charge < -0.3 is 14.4 Å². The average Bonchev–Trinajstić information content (AvgIpc) is 3.17. The molecule has 7 heteroatoms. The number of morpholine rings is 1. The van der Waals surface area contributed by atoms with Crippen LogP contribution in [0.5, 0.6) is 5.75 Å². The molecule has 0 amide bonds. The van der Waals surface area contributed by atoms with Crippen LogP contribution in [-0.4, -0.2) is 53.5 Å². The fraction of sp³-hybridized carbons (Fsp3) is 0.368. The zero-order valence-corrected chi connectivity index (χ0v) is 15.8. The second-order valence-corrected chi connectivity index (χ2v) is 7.23. The van der Waals surface area contributed by atoms with Gasteiger partial charge in [-0.25, -0.2) is 9.97 Å². The van der Waals surface area contributed by atoms with Crippen LogP contribution in [-0.2, 0) is 4.74 Å². The number of thioether (sulfide) groups is 1. The number of nitrogens with zero attached hydrogens (tertiary/aromatic N) is 4. The summed E-state index contributed by atoms with van der Waals surface area (Å²) in [4.78, 5) is 11.6. The summed E-state index contributed by atoms with van der Waals surface area (Å²) in [5, 5.41) is 0.953. The molecule has 136 valence electrons. The maximum Gasteiger partial charge on any atom is 0.174 e. The topological polar surface area (TPSA) is 51.9 Å². The highest BCUT2D eigenvalue weighted by atomic mass is 32.2. The first-order chi connectivity index (χ1) is 12.8. The van der Waals surface area contributed by atoms with E-state index in [1.54, 1.807) is 18.9 Å². The Hall–Kier alpha value is -2.25. The molecule has 3 heterocycles. The summed E-state index contributed by atoms with van der Waals surface area (Å²) in [5.41, 5.74) is 3.94. The first kappa shape index (κ1) is 17.2. The van der Waals surface area contributed by atoms with Crippen LogP contribution in [0.3, 0.4) is 0 Å². The van der Waals surface area contributed by atoms with Gasteiger partial charge in [0, 0.05) is 37.1 Å². The molecule has 0 radical (unpaired) electrons. The van der Waals surface area contributed by atoms with E-state index in [1.807, 2.05) is 22.9 Å². The molecule has 2 aromatic heterocycles. The van der Waals surface area contributed by atoms with Crippen molar-refractivity contribution in [3.05, 3.63) is 36.7 Å². The largest absolute Gasteiger partial charge is 0.495 e. The maximum atomic E-state index is 5.67. The van der Waals surface area contributed by atoms with Crippen molar-refractivity contribution in [3.63, 3.8) is 0 Å². The van der Waals surface area contributed by atoms with Crippen molar-refractivity contribution in [1.82, 2.24) is 14.4 Å². The zero-order chi connectivity index (χ0) is 17.9. The van der Waals surface area contributed by atoms with Crippen LogP contribution < -0.4 is 9.64 Å². The van der Waals surface area contributed by atoms with Gasteiger partial charge in [-0.2, -0.15) is 0 Å². The fourth-order valence-electron chi connectivity index (χ4n) is 3.18. The Labute approximate surface area is 157 Å². The Morgan fingerprint density at radius 2 is 2.08 bits per heavy atom. The van der Waals surface area contributed by atoms with Gasteiger partial charge in [-0.1, -0.05) is 24.8 Å². The van der Waals surface area contributed by atoms with Crippen molar-refractivity contribution in [1.29, 1.82) is 0 Å². The lowest BCUT2D eigenvalue weighted by molar-refractivity contribution is 0.122. The van der Waals surface area contributed by atoms with Gasteiger partial charge in [-0.3, -0.25) is 4.40 Å². The molecular weight excluding hydrogens is 348 g/mol. The number of fused-ring (bicyclic) bond motifs is 1. The first-order valence-electron chi connectivity index (χ1n) is 8.78. The van der Waals surface area contributed by atoms with Crippen molar-refractivity contribution >= 4 is 23.1 Å².